The minimum atomic E-state index is -0.819. The highest BCUT2D eigenvalue weighted by atomic mass is 16.7. The van der Waals surface area contributed by atoms with Gasteiger partial charge in [0.15, 0.2) is 0 Å². The molecule has 0 amide bonds. The number of anilines is 3. The summed E-state index contributed by atoms with van der Waals surface area (Å²) in [6.45, 7) is 5.60. The van der Waals surface area contributed by atoms with Crippen LogP contribution in [0.25, 0.3) is 11.6 Å². The third-order valence-corrected chi connectivity index (χ3v) is 11.8. The minimum absolute atomic E-state index is 0.180. The Morgan fingerprint density at radius 1 is 0.492 bits per heavy atom. The molecule has 7 nitrogen and oxygen atoms in total. The average Bonchev–Trinajstić information content (AvgIpc) is 3.31. The summed E-state index contributed by atoms with van der Waals surface area (Å²) in [6.07, 6.45) is 6.77. The van der Waals surface area contributed by atoms with E-state index in [4.69, 9.17) is 18.9 Å². The second kappa shape index (κ2) is 19.1. The number of carbonyl (C=O) groups is 2. The van der Waals surface area contributed by atoms with Crippen molar-refractivity contribution in [3.05, 3.63) is 209 Å². The van der Waals surface area contributed by atoms with Gasteiger partial charge in [0.1, 0.15) is 23.0 Å². The lowest BCUT2D eigenvalue weighted by Gasteiger charge is -2.38. The maximum atomic E-state index is 13.1. The minimum Gasteiger partial charge on any atom is -0.497 e. The molecule has 0 bridgehead atoms. The fourth-order valence-corrected chi connectivity index (χ4v) is 8.49. The van der Waals surface area contributed by atoms with E-state index in [-0.39, 0.29) is 11.4 Å². The lowest BCUT2D eigenvalue weighted by molar-refractivity contribution is -0.131. The fourth-order valence-electron chi connectivity index (χ4n) is 8.49. The Labute approximate surface area is 370 Å². The van der Waals surface area contributed by atoms with Crippen LogP contribution in [0.15, 0.2) is 170 Å². The van der Waals surface area contributed by atoms with Gasteiger partial charge in [0.05, 0.1) is 7.11 Å². The van der Waals surface area contributed by atoms with E-state index in [1.54, 1.807) is 19.2 Å². The first-order chi connectivity index (χ1) is 30.7. The van der Waals surface area contributed by atoms with Gasteiger partial charge < -0.3 is 23.8 Å². The normalized spacial score (nSPS) is 13.4. The SMILES string of the molecule is COc1ccc(C(=Cc2ccc(N(c3ccc(C)cc3)c3ccc(C)cc3)cc2)c2ccc(OC(=O)Oc3ccc(C4(c5ccc(OC(C)=O)cc5)CCCCC4)cc3)cc2)cc1. The fraction of sp³-hybridized carbons (Fsp3) is 0.179. The summed E-state index contributed by atoms with van der Waals surface area (Å²) in [5, 5.41) is 0. The summed E-state index contributed by atoms with van der Waals surface area (Å²) in [7, 11) is 1.66. The van der Waals surface area contributed by atoms with Crippen molar-refractivity contribution in [3.8, 4) is 23.0 Å². The van der Waals surface area contributed by atoms with Crippen LogP contribution in [0.2, 0.25) is 0 Å². The van der Waals surface area contributed by atoms with E-state index in [2.05, 4.69) is 110 Å². The third kappa shape index (κ3) is 10.1. The summed E-state index contributed by atoms with van der Waals surface area (Å²) < 4.78 is 22.1. The molecule has 1 aliphatic rings. The van der Waals surface area contributed by atoms with E-state index in [0.29, 0.717) is 17.2 Å². The van der Waals surface area contributed by atoms with E-state index < -0.39 is 6.16 Å². The molecule has 1 fully saturated rings. The van der Waals surface area contributed by atoms with Crippen molar-refractivity contribution in [2.75, 3.05) is 12.0 Å². The molecule has 63 heavy (non-hydrogen) atoms. The maximum absolute atomic E-state index is 13.1. The molecule has 0 atom stereocenters. The van der Waals surface area contributed by atoms with Gasteiger partial charge in [0.2, 0.25) is 0 Å². The smallest absolute Gasteiger partial charge is 0.497 e. The molecule has 0 saturated heterocycles. The van der Waals surface area contributed by atoms with Gasteiger partial charge in [-0.05, 0) is 151 Å². The van der Waals surface area contributed by atoms with Crippen LogP contribution in [0, 0.1) is 13.8 Å². The van der Waals surface area contributed by atoms with E-state index in [1.807, 2.05) is 72.8 Å². The molecule has 0 radical (unpaired) electrons. The van der Waals surface area contributed by atoms with Crippen LogP contribution < -0.4 is 23.8 Å². The zero-order valence-electron chi connectivity index (χ0n) is 36.2. The van der Waals surface area contributed by atoms with E-state index in [0.717, 1.165) is 76.3 Å². The Hall–Kier alpha value is -7.38. The molecule has 1 saturated carbocycles. The molecule has 7 heteroatoms. The highest BCUT2D eigenvalue weighted by Crippen LogP contribution is 2.46. The molecule has 0 N–H and O–H groups in total. The van der Waals surface area contributed by atoms with E-state index in [9.17, 15) is 9.59 Å². The van der Waals surface area contributed by atoms with Crippen LogP contribution in [0.3, 0.4) is 0 Å². The Morgan fingerprint density at radius 3 is 1.32 bits per heavy atom. The maximum Gasteiger partial charge on any atom is 0.519 e. The molecule has 0 unspecified atom stereocenters. The molecule has 7 aromatic carbocycles. The van der Waals surface area contributed by atoms with Crippen molar-refractivity contribution in [3.63, 3.8) is 0 Å². The Bertz CT molecular complexity index is 2620. The van der Waals surface area contributed by atoms with Crippen molar-refractivity contribution in [2.24, 2.45) is 0 Å². The number of methoxy groups -OCH3 is 1. The third-order valence-electron chi connectivity index (χ3n) is 11.8. The Kier molecular flexibility index (Phi) is 12.8. The van der Waals surface area contributed by atoms with Gasteiger partial charge in [-0.25, -0.2) is 4.79 Å². The zero-order chi connectivity index (χ0) is 43.8. The van der Waals surface area contributed by atoms with Crippen LogP contribution in [0.1, 0.15) is 78.0 Å². The van der Waals surface area contributed by atoms with Crippen LogP contribution in [0.4, 0.5) is 21.9 Å². The average molecular weight is 834 g/mol. The standard InChI is InChI=1S/C56H51NO6/c1-39-8-22-47(23-9-39)57(48-24-10-40(2)11-25-48)49-26-12-42(13-27-49)38-54(43-14-28-50(60-4)29-15-43)44-16-30-52(31-17-44)62-55(59)63-53-34-20-46(21-35-53)56(36-6-5-7-37-56)45-18-32-51(33-19-45)61-41(3)58/h8-35,38H,5-7,36-37H2,1-4H3. The highest BCUT2D eigenvalue weighted by Gasteiger charge is 2.36. The van der Waals surface area contributed by atoms with Crippen molar-refractivity contribution < 1.29 is 28.5 Å². The Balaban J connectivity index is 0.992. The quantitative estimate of drug-likeness (QED) is 0.0525. The van der Waals surface area contributed by atoms with Crippen molar-refractivity contribution in [1.82, 2.24) is 0 Å². The van der Waals surface area contributed by atoms with Gasteiger partial charge >= 0.3 is 12.1 Å². The molecular weight excluding hydrogens is 783 g/mol. The number of carbonyl (C=O) groups excluding carboxylic acids is 2. The molecule has 0 aromatic heterocycles. The van der Waals surface area contributed by atoms with Crippen LogP contribution in [-0.2, 0) is 10.2 Å². The van der Waals surface area contributed by atoms with Crippen molar-refractivity contribution in [2.45, 2.75) is 58.3 Å². The van der Waals surface area contributed by atoms with Gasteiger partial charge in [0.25, 0.3) is 0 Å². The second-order valence-corrected chi connectivity index (χ2v) is 16.1. The summed E-state index contributed by atoms with van der Waals surface area (Å²) >= 11 is 0. The molecule has 0 aliphatic heterocycles. The van der Waals surface area contributed by atoms with Gasteiger partial charge in [-0.1, -0.05) is 115 Å². The molecule has 1 aliphatic carbocycles. The van der Waals surface area contributed by atoms with Crippen LogP contribution >= 0.6 is 0 Å². The lowest BCUT2D eigenvalue weighted by Crippen LogP contribution is -2.30. The number of hydrogen-bond donors (Lipinski definition) is 0. The predicted octanol–water partition coefficient (Wildman–Crippen LogP) is 14.1. The molecule has 316 valence electrons. The Morgan fingerprint density at radius 2 is 0.889 bits per heavy atom. The summed E-state index contributed by atoms with van der Waals surface area (Å²) in [5.74, 6) is 1.72. The highest BCUT2D eigenvalue weighted by molar-refractivity contribution is 5.92. The summed E-state index contributed by atoms with van der Waals surface area (Å²) in [5.41, 5.74) is 11.8. The van der Waals surface area contributed by atoms with Gasteiger partial charge in [0, 0.05) is 29.4 Å². The van der Waals surface area contributed by atoms with Crippen molar-refractivity contribution in [1.29, 1.82) is 0 Å². The first-order valence-corrected chi connectivity index (χ1v) is 21.5. The van der Waals surface area contributed by atoms with E-state index >= 15 is 0 Å². The monoisotopic (exact) mass is 833 g/mol. The number of esters is 1. The van der Waals surface area contributed by atoms with Gasteiger partial charge in [-0.3, -0.25) is 4.79 Å². The first kappa shape index (κ1) is 42.3. The zero-order valence-corrected chi connectivity index (χ0v) is 36.2. The molecule has 0 heterocycles. The number of hydrogen-bond acceptors (Lipinski definition) is 7. The van der Waals surface area contributed by atoms with Crippen LogP contribution in [-0.4, -0.2) is 19.2 Å². The number of aryl methyl sites for hydroxylation is 2. The molecule has 7 aromatic rings. The largest absolute Gasteiger partial charge is 0.519 e. The number of benzene rings is 7. The number of rotatable bonds is 12. The summed E-state index contributed by atoms with van der Waals surface area (Å²) in [6, 6.07) is 56.7. The lowest BCUT2D eigenvalue weighted by atomic mass is 9.65. The molecule has 8 rings (SSSR count). The topological polar surface area (TPSA) is 74.3 Å². The number of nitrogens with zero attached hydrogens (tertiary/aromatic N) is 1. The predicted molar refractivity (Wildman–Crippen MR) is 252 cm³/mol. The van der Waals surface area contributed by atoms with Crippen LogP contribution in [0.5, 0.6) is 23.0 Å². The molecular formula is C56H51NO6. The van der Waals surface area contributed by atoms with Crippen molar-refractivity contribution >= 4 is 40.8 Å². The van der Waals surface area contributed by atoms with E-state index in [1.165, 1.54) is 30.0 Å². The molecule has 0 spiro atoms. The second-order valence-electron chi connectivity index (χ2n) is 16.1. The number of ether oxygens (including phenoxy) is 4. The van der Waals surface area contributed by atoms with Gasteiger partial charge in [-0.2, -0.15) is 0 Å². The summed E-state index contributed by atoms with van der Waals surface area (Å²) in [4.78, 5) is 26.8. The first-order valence-electron chi connectivity index (χ1n) is 21.5. The van der Waals surface area contributed by atoms with Gasteiger partial charge in [-0.15, -0.1) is 0 Å².